The Labute approximate surface area is 892 Å². The summed E-state index contributed by atoms with van der Waals surface area (Å²) in [7, 11) is 0. The maximum atomic E-state index is 9.08. The first-order valence-electron chi connectivity index (χ1n) is 56.5. The number of benzene rings is 24. The minimum absolute atomic E-state index is 0.0338. The summed E-state index contributed by atoms with van der Waals surface area (Å²) >= 11 is -4.11. The van der Waals surface area contributed by atoms with Crippen LogP contribution in [0.4, 0.5) is 102 Å². The molecule has 0 heterocycles. The second kappa shape index (κ2) is 39.2. The van der Waals surface area contributed by atoms with Crippen LogP contribution in [0, 0.1) is 96.9 Å². The van der Waals surface area contributed by atoms with Crippen molar-refractivity contribution in [2.24, 2.45) is 0 Å². The van der Waals surface area contributed by atoms with Crippen molar-refractivity contribution in [1.29, 1.82) is 0 Å². The third kappa shape index (κ3) is 17.5. The molecule has 24 aromatic carbocycles. The van der Waals surface area contributed by atoms with Crippen LogP contribution in [0.2, 0.25) is 34.5 Å². The minimum Gasteiger partial charge on any atom is -0.309 e. The Morgan fingerprint density at radius 1 is 0.169 bits per heavy atom. The summed E-state index contributed by atoms with van der Waals surface area (Å²) in [5.74, 6) is 14.9. The van der Waals surface area contributed by atoms with Crippen molar-refractivity contribution < 1.29 is 13.7 Å². The van der Waals surface area contributed by atoms with E-state index in [2.05, 4.69) is 390 Å². The minimum atomic E-state index is -2.05. The van der Waals surface area contributed by atoms with E-state index in [4.69, 9.17) is 13.7 Å². The molecule has 24 rings (SSSR count). The van der Waals surface area contributed by atoms with Crippen LogP contribution in [0.25, 0.3) is 97.0 Å². The van der Waals surface area contributed by atoms with Gasteiger partial charge in [0.05, 0.1) is 59.2 Å². The average molecular weight is 2050 g/mol. The quantitative estimate of drug-likeness (QED) is 0.0556. The van der Waals surface area contributed by atoms with E-state index in [0.29, 0.717) is 22.7 Å². The topological polar surface area (TPSA) is 19.4 Å². The Kier molecular flexibility index (Phi) is 22.7. The van der Waals surface area contributed by atoms with Gasteiger partial charge in [-0.15, -0.1) is 0 Å². The zero-order valence-corrected chi connectivity index (χ0v) is 92.4. The number of rotatable bonds is 20. The van der Waals surface area contributed by atoms with Crippen molar-refractivity contribution in [2.75, 3.05) is 29.4 Å². The molecule has 0 atom stereocenters. The Morgan fingerprint density at radius 3 is 0.541 bits per heavy atom. The normalized spacial score (nSPS) is 12.7. The van der Waals surface area contributed by atoms with Crippen molar-refractivity contribution >= 4 is 235 Å². The SMILES string of the molecule is Cc1c[c]([Ge]([CH3])([CH3])[CH3])cc(C)c1N(c1ccccc1)c1ccc2ccc3c(N(c4ccccc4)c4c(C)c[c]([Ge]([CH3])([CH3])[CH3])cc4C)ccc4ccc1c2c43.Cc1cc(C)c(N(c2ccccc2)c2ccc3ccc4c(N(c5ccccc5)c5c(C)cc(C)cc5C)ccc5ccc2c3c54)c(C)c1.[2H]c1c([2H])c([2H])c(N(c2c(C)cccc2C)c2ccc3ccc4c(N(c5c(C)cccc5C)c5c([2H])c([2H])c([2H])c([2H])c5[2H])ccc5ccc2c3c54)c([2H])c1[2H]. The van der Waals surface area contributed by atoms with E-state index in [1.807, 2.05) is 113 Å². The number of anilines is 18. The van der Waals surface area contributed by atoms with Gasteiger partial charge in [-0.05, 0) is 230 Å². The molecule has 0 unspecified atom stereocenters. The van der Waals surface area contributed by atoms with Gasteiger partial charge in [-0.2, -0.15) is 0 Å². The van der Waals surface area contributed by atoms with E-state index in [-0.39, 0.29) is 35.5 Å². The molecular weight excluding hydrogens is 1910 g/mol. The van der Waals surface area contributed by atoms with Gasteiger partial charge in [0.2, 0.25) is 0 Å². The van der Waals surface area contributed by atoms with Gasteiger partial charge in [0.25, 0.3) is 0 Å². The van der Waals surface area contributed by atoms with Gasteiger partial charge < -0.3 is 19.6 Å². The summed E-state index contributed by atoms with van der Waals surface area (Å²) in [5, 5.41) is 20.4. The number of aryl methyl sites for hydroxylation is 14. The molecule has 0 amide bonds. The van der Waals surface area contributed by atoms with Gasteiger partial charge in [0.15, 0.2) is 0 Å². The van der Waals surface area contributed by atoms with Crippen LogP contribution >= 0.6 is 0 Å². The first kappa shape index (κ1) is 85.5. The van der Waals surface area contributed by atoms with Gasteiger partial charge in [0, 0.05) is 44.3 Å². The summed E-state index contributed by atoms with van der Waals surface area (Å²) < 4.78 is 90.5. The van der Waals surface area contributed by atoms with Crippen LogP contribution in [-0.2, 0) is 0 Å². The maximum Gasteiger partial charge on any atom is 0.0645 e. The molecule has 0 N–H and O–H groups in total. The molecule has 0 fully saturated rings. The summed E-state index contributed by atoms with van der Waals surface area (Å²) in [6.07, 6.45) is 0. The van der Waals surface area contributed by atoms with Crippen molar-refractivity contribution in [3.05, 3.63) is 490 Å². The summed E-state index contributed by atoms with van der Waals surface area (Å²) in [5.41, 5.74) is 33.6. The third-order valence-corrected chi connectivity index (χ3v) is 38.5. The Bertz CT molecular complexity index is 9110. The van der Waals surface area contributed by atoms with E-state index in [9.17, 15) is 0 Å². The van der Waals surface area contributed by atoms with E-state index in [0.717, 1.165) is 65.9 Å². The van der Waals surface area contributed by atoms with Crippen LogP contribution in [-0.4, -0.2) is 26.5 Å². The molecule has 24 aromatic rings. The largest absolute Gasteiger partial charge is 0.309 e. The van der Waals surface area contributed by atoms with Crippen molar-refractivity contribution in [2.45, 2.75) is 131 Å². The van der Waals surface area contributed by atoms with Crippen LogP contribution in [0.1, 0.15) is 91.6 Å². The van der Waals surface area contributed by atoms with E-state index >= 15 is 0 Å². The second-order valence-corrected chi connectivity index (χ2v) is 63.8. The first-order valence-corrected chi connectivity index (χ1v) is 66.1. The summed E-state index contributed by atoms with van der Waals surface area (Å²) in [4.78, 5) is 13.5. The van der Waals surface area contributed by atoms with Gasteiger partial charge in [-0.1, -0.05) is 217 Å². The number of para-hydroxylation sites is 8. The van der Waals surface area contributed by atoms with E-state index in [1.165, 1.54) is 177 Å². The molecule has 8 heteroatoms. The molecular formula is C140H128Ge2N6. The van der Waals surface area contributed by atoms with Gasteiger partial charge in [0.1, 0.15) is 0 Å². The third-order valence-electron chi connectivity index (χ3n) is 30.0. The zero-order chi connectivity index (χ0) is 111. The van der Waals surface area contributed by atoms with Crippen molar-refractivity contribution in [3.63, 3.8) is 0 Å². The van der Waals surface area contributed by atoms with Crippen LogP contribution < -0.4 is 38.2 Å². The molecule has 0 bridgehead atoms. The first-order chi connectivity index (χ1) is 75.7. The predicted molar refractivity (Wildman–Crippen MR) is 651 cm³/mol. The number of nitrogens with zero attached hydrogens (tertiary/aromatic N) is 6. The molecule has 148 heavy (non-hydrogen) atoms. The standard InChI is InChI=1S/C50H52Ge2N2.C46H40N2.C44H36N2/c1-33-29-39(51(5,6)7)30-34(2)49(33)53(41-17-13-11-14-18-41)45-27-23-37-22-26-44-46(28-24-38-21-25-43(45)47(37)48(38)44)54(42-19-15-12-16-20-42)50-35(3)31-40(32-36(50)4)52(8,9)10;1-29-25-31(3)45(32(4)26-29)47(37-13-9-7-10-14-37)41-23-19-35-18-22-40-42(24-20-36-17-21-39(41)43(35)44(36)40)48(38-15-11-8-12-16-38)46-33(5)27-30(2)28-34(46)6;1-29-13-11-14-30(2)43(29)45(35-17-7-5-8-18-35)39-27-23-33-22-26-38-40(28-24-34-21-25-37(39)41(33)42(34)38)46(36-19-9-6-10-20-36)44-31(3)15-12-16-32(44)4/h11-32H,1-10H3;7-28H,1-6H3;5-28H,1-4H3/i;;5D,6D,7D,8D,9D,10D,17D,18D,19D,20D. The Balaban J connectivity index is 0.000000133. The molecule has 0 aromatic heterocycles. The summed E-state index contributed by atoms with van der Waals surface area (Å²) in [6.45, 7) is 30.3. The number of hydrogen-bond donors (Lipinski definition) is 0. The molecule has 0 spiro atoms. The molecule has 0 saturated carbocycles. The van der Waals surface area contributed by atoms with Crippen molar-refractivity contribution in [3.8, 4) is 0 Å². The molecule has 0 aliphatic carbocycles. The zero-order valence-electron chi connectivity index (χ0n) is 98.2. The maximum absolute atomic E-state index is 9.08. The van der Waals surface area contributed by atoms with Crippen molar-refractivity contribution in [1.82, 2.24) is 0 Å². The Morgan fingerprint density at radius 2 is 0.345 bits per heavy atom. The molecule has 0 radical (unpaired) electrons. The van der Waals surface area contributed by atoms with Crippen LogP contribution in [0.3, 0.4) is 0 Å². The smallest absolute Gasteiger partial charge is 0.0645 e. The average Bonchev–Trinajstić information content (AvgIpc) is 0.719. The fourth-order valence-electron chi connectivity index (χ4n) is 23.6. The van der Waals surface area contributed by atoms with Gasteiger partial charge in [-0.25, -0.2) is 0 Å². The van der Waals surface area contributed by atoms with E-state index < -0.39 is 62.8 Å². The fourth-order valence-corrected chi connectivity index (χ4v) is 29.1. The molecule has 726 valence electrons. The molecule has 6 nitrogen and oxygen atoms in total. The van der Waals surface area contributed by atoms with Gasteiger partial charge in [-0.3, -0.25) is 0 Å². The molecule has 0 aliphatic rings. The number of hydrogen-bond acceptors (Lipinski definition) is 6. The van der Waals surface area contributed by atoms with Crippen LogP contribution in [0.5, 0.6) is 0 Å². The molecule has 0 saturated heterocycles. The second-order valence-electron chi connectivity index (χ2n) is 42.5. The van der Waals surface area contributed by atoms with Gasteiger partial charge >= 0.3 is 330 Å². The summed E-state index contributed by atoms with van der Waals surface area (Å²) in [6, 6.07) is 123. The monoisotopic (exact) mass is 2050 g/mol. The predicted octanol–water partition coefficient (Wildman–Crippen LogP) is 40.0. The Hall–Kier alpha value is -15.7. The van der Waals surface area contributed by atoms with E-state index in [1.54, 1.807) is 18.6 Å². The fraction of sp³-hybridized carbons (Fsp3) is 0.143. The van der Waals surface area contributed by atoms with Crippen LogP contribution in [0.15, 0.2) is 412 Å². The molecule has 0 aliphatic heterocycles.